The van der Waals surface area contributed by atoms with Gasteiger partial charge in [-0.05, 0) is 12.1 Å². The van der Waals surface area contributed by atoms with Crippen LogP contribution < -0.4 is 51.4 Å². The van der Waals surface area contributed by atoms with Crippen molar-refractivity contribution in [2.75, 3.05) is 0 Å². The van der Waals surface area contributed by atoms with Gasteiger partial charge >= 0.3 is 58.4 Å². The molecule has 78 valence electrons. The molecule has 0 unspecified atom stereocenters. The number of non-ortho nitro benzene ring substituents is 1. The van der Waals surface area contributed by atoms with Crippen molar-refractivity contribution in [3.8, 4) is 11.7 Å². The Morgan fingerprint density at radius 3 is 2.06 bits per heavy atom. The van der Waals surface area contributed by atoms with Crippen molar-refractivity contribution >= 4 is 12.7 Å². The van der Waals surface area contributed by atoms with Gasteiger partial charge < -0.3 is 12.9 Å². The fourth-order valence-electron chi connectivity index (χ4n) is 0.832. The van der Waals surface area contributed by atoms with Gasteiger partial charge in [0.1, 0.15) is 0 Å². The fraction of sp³-hybridized carbons (Fsp3) is 0. The minimum atomic E-state index is -5.15. The number of halogens is 3. The zero-order chi connectivity index (χ0) is 11.5. The second kappa shape index (κ2) is 6.42. The van der Waals surface area contributed by atoms with Crippen LogP contribution in [-0.2, 0) is 0 Å². The van der Waals surface area contributed by atoms with Crippen LogP contribution in [0.5, 0.6) is 0 Å². The molecule has 0 atom stereocenters. The van der Waals surface area contributed by atoms with E-state index in [0.717, 1.165) is 18.0 Å². The summed E-state index contributed by atoms with van der Waals surface area (Å²) in [5, 5.41) is 10.2. The molecule has 16 heavy (non-hydrogen) atoms. The smallest absolute Gasteiger partial charge is 0.438 e. The van der Waals surface area contributed by atoms with Gasteiger partial charge in [-0.15, -0.1) is 5.92 Å². The quantitative estimate of drug-likeness (QED) is 0.288. The molecule has 0 heterocycles. The Labute approximate surface area is 132 Å². The largest absolute Gasteiger partial charge is 1.00 e. The van der Waals surface area contributed by atoms with E-state index < -0.39 is 11.9 Å². The zero-order valence-electron chi connectivity index (χ0n) is 8.28. The van der Waals surface area contributed by atoms with Crippen molar-refractivity contribution in [2.24, 2.45) is 0 Å². The molecule has 1 aromatic rings. The van der Waals surface area contributed by atoms with Crippen molar-refractivity contribution in [3.05, 3.63) is 39.9 Å². The van der Waals surface area contributed by atoms with E-state index in [1.54, 1.807) is 0 Å². The van der Waals surface area contributed by atoms with Crippen molar-refractivity contribution in [2.45, 2.75) is 0 Å². The molecule has 0 saturated heterocycles. The predicted octanol–water partition coefficient (Wildman–Crippen LogP) is -0.663. The van der Waals surface area contributed by atoms with Gasteiger partial charge in [0, 0.05) is 17.7 Å². The van der Waals surface area contributed by atoms with E-state index in [4.69, 9.17) is 0 Å². The van der Waals surface area contributed by atoms with E-state index in [1.807, 2.05) is 5.92 Å². The molecular formula is C8H4BF3KNO2. The van der Waals surface area contributed by atoms with Crippen LogP contribution in [0, 0.1) is 21.9 Å². The van der Waals surface area contributed by atoms with Crippen LogP contribution in [0.2, 0.25) is 0 Å². The maximum Gasteiger partial charge on any atom is 1.00 e. The molecule has 0 aliphatic heterocycles. The molecular weight excluding hydrogens is 249 g/mol. The van der Waals surface area contributed by atoms with Crippen LogP contribution in [-0.4, -0.2) is 11.9 Å². The third-order valence-corrected chi connectivity index (χ3v) is 1.46. The maximum atomic E-state index is 11.7. The minimum absolute atomic E-state index is 0. The van der Waals surface area contributed by atoms with Crippen molar-refractivity contribution in [3.63, 3.8) is 0 Å². The zero-order valence-corrected chi connectivity index (χ0v) is 11.4. The topological polar surface area (TPSA) is 43.1 Å². The first-order chi connectivity index (χ1) is 6.88. The van der Waals surface area contributed by atoms with E-state index in [1.165, 1.54) is 12.1 Å². The van der Waals surface area contributed by atoms with Gasteiger partial charge in [-0.2, -0.15) is 5.82 Å². The molecule has 0 aromatic heterocycles. The fourth-order valence-corrected chi connectivity index (χ4v) is 0.832. The summed E-state index contributed by atoms with van der Waals surface area (Å²) in [6.45, 7) is -5.15. The molecule has 0 fully saturated rings. The van der Waals surface area contributed by atoms with Crippen molar-refractivity contribution in [1.29, 1.82) is 0 Å². The van der Waals surface area contributed by atoms with Crippen LogP contribution in [0.3, 0.4) is 0 Å². The predicted molar refractivity (Wildman–Crippen MR) is 49.1 cm³/mol. The van der Waals surface area contributed by atoms with Crippen LogP contribution >= 0.6 is 0 Å². The van der Waals surface area contributed by atoms with Crippen LogP contribution in [0.1, 0.15) is 5.56 Å². The number of hydrogen-bond acceptors (Lipinski definition) is 2. The normalized spacial score (nSPS) is 9.69. The molecule has 8 heteroatoms. The van der Waals surface area contributed by atoms with Gasteiger partial charge in [-0.25, -0.2) is 0 Å². The first-order valence-corrected chi connectivity index (χ1v) is 3.85. The number of nitro groups is 1. The van der Waals surface area contributed by atoms with Crippen molar-refractivity contribution < 1.29 is 69.3 Å². The van der Waals surface area contributed by atoms with Gasteiger partial charge in [0.05, 0.1) is 4.92 Å². The Hall–Kier alpha value is -0.329. The van der Waals surface area contributed by atoms with Gasteiger partial charge in [0.15, 0.2) is 0 Å². The van der Waals surface area contributed by atoms with Gasteiger partial charge in [-0.3, -0.25) is 10.1 Å². The summed E-state index contributed by atoms with van der Waals surface area (Å²) in [5.41, 5.74) is -0.0853. The summed E-state index contributed by atoms with van der Waals surface area (Å²) >= 11 is 0. The summed E-state index contributed by atoms with van der Waals surface area (Å²) in [4.78, 5) is 9.59. The maximum absolute atomic E-state index is 11.7. The minimum Gasteiger partial charge on any atom is -0.438 e. The second-order valence-electron chi connectivity index (χ2n) is 2.65. The molecule has 0 amide bonds. The van der Waals surface area contributed by atoms with E-state index in [9.17, 15) is 23.1 Å². The number of rotatable bonds is 1. The Bertz CT molecular complexity index is 435. The summed E-state index contributed by atoms with van der Waals surface area (Å²) in [6.07, 6.45) is 0. The molecule has 0 radical (unpaired) electrons. The Morgan fingerprint density at radius 1 is 1.19 bits per heavy atom. The van der Waals surface area contributed by atoms with E-state index in [2.05, 4.69) is 0 Å². The number of nitrogens with zero attached hydrogens (tertiary/aromatic N) is 1. The van der Waals surface area contributed by atoms with E-state index in [0.29, 0.717) is 0 Å². The molecule has 0 N–H and O–H groups in total. The van der Waals surface area contributed by atoms with Crippen LogP contribution in [0.25, 0.3) is 0 Å². The number of hydrogen-bond donors (Lipinski definition) is 0. The number of benzene rings is 1. The van der Waals surface area contributed by atoms with Crippen LogP contribution in [0.15, 0.2) is 24.3 Å². The molecule has 0 spiro atoms. The molecule has 1 rings (SSSR count). The molecule has 0 bridgehead atoms. The molecule has 0 saturated carbocycles. The first-order valence-electron chi connectivity index (χ1n) is 3.85. The average Bonchev–Trinajstić information content (AvgIpc) is 2.14. The van der Waals surface area contributed by atoms with E-state index >= 15 is 0 Å². The Morgan fingerprint density at radius 2 is 1.69 bits per heavy atom. The number of nitro benzene ring substituents is 1. The standard InChI is InChI=1S/C8H4BF3NO2.K/c10-9(11,12)6-5-7-1-3-8(4-2-7)13(14)15;/h1-4H;/q-1;+1. The second-order valence-corrected chi connectivity index (χ2v) is 2.65. The molecule has 0 aliphatic rings. The summed E-state index contributed by atoms with van der Waals surface area (Å²) in [7, 11) is 0. The van der Waals surface area contributed by atoms with Crippen LogP contribution in [0.4, 0.5) is 18.6 Å². The molecule has 1 aromatic carbocycles. The van der Waals surface area contributed by atoms with Crippen molar-refractivity contribution in [1.82, 2.24) is 0 Å². The van der Waals surface area contributed by atoms with Gasteiger partial charge in [0.2, 0.25) is 0 Å². The molecule has 3 nitrogen and oxygen atoms in total. The summed E-state index contributed by atoms with van der Waals surface area (Å²) in [5.74, 6) is 3.01. The summed E-state index contributed by atoms with van der Waals surface area (Å²) < 4.78 is 35.2. The Balaban J connectivity index is 0.00000225. The monoisotopic (exact) mass is 253 g/mol. The third-order valence-electron chi connectivity index (χ3n) is 1.46. The average molecular weight is 253 g/mol. The van der Waals surface area contributed by atoms with E-state index in [-0.39, 0.29) is 62.6 Å². The molecule has 0 aliphatic carbocycles. The first kappa shape index (κ1) is 15.7. The van der Waals surface area contributed by atoms with Gasteiger partial charge in [-0.1, -0.05) is 0 Å². The summed E-state index contributed by atoms with van der Waals surface area (Å²) in [6, 6.07) is 4.56. The SMILES string of the molecule is O=[N+]([O-])c1ccc(C#C[B-](F)(F)F)cc1.[K+]. The Kier molecular flexibility index (Phi) is 6.29. The van der Waals surface area contributed by atoms with Gasteiger partial charge in [0.25, 0.3) is 5.69 Å². The third kappa shape index (κ3) is 5.67.